The maximum atomic E-state index is 5.61. The Kier molecular flexibility index (Phi) is 3.28. The van der Waals surface area contributed by atoms with Gasteiger partial charge in [-0.15, -0.1) is 0 Å². The molecular formula is C12H16N6O. The molecular weight excluding hydrogens is 244 g/mol. The maximum Gasteiger partial charge on any atom is 0.226 e. The molecule has 1 aliphatic rings. The van der Waals surface area contributed by atoms with Crippen LogP contribution < -0.4 is 15.4 Å². The molecule has 1 saturated heterocycles. The van der Waals surface area contributed by atoms with E-state index in [1.54, 1.807) is 29.3 Å². The summed E-state index contributed by atoms with van der Waals surface area (Å²) >= 11 is 0. The van der Waals surface area contributed by atoms with Crippen LogP contribution in [0.15, 0.2) is 24.7 Å². The molecule has 1 atom stereocenters. The van der Waals surface area contributed by atoms with E-state index in [-0.39, 0.29) is 0 Å². The Hall–Kier alpha value is -2.15. The number of nitrogens with one attached hydrogen (secondary N) is 2. The summed E-state index contributed by atoms with van der Waals surface area (Å²) in [7, 11) is 1.84. The molecule has 0 radical (unpaired) electrons. The van der Waals surface area contributed by atoms with Gasteiger partial charge >= 0.3 is 0 Å². The number of anilines is 1. The molecule has 2 N–H and O–H groups in total. The Labute approximate surface area is 111 Å². The molecule has 0 aromatic carbocycles. The van der Waals surface area contributed by atoms with Gasteiger partial charge in [0.1, 0.15) is 0 Å². The van der Waals surface area contributed by atoms with Gasteiger partial charge in [0.25, 0.3) is 0 Å². The molecule has 0 aliphatic carbocycles. The van der Waals surface area contributed by atoms with Crippen LogP contribution in [0.25, 0.3) is 0 Å². The number of hydrogen-bond donors (Lipinski definition) is 2. The lowest BCUT2D eigenvalue weighted by molar-refractivity contribution is 0.461. The normalized spacial score (nSPS) is 18.5. The second kappa shape index (κ2) is 5.23. The third kappa shape index (κ3) is 3.00. The molecule has 2 aromatic heterocycles. The van der Waals surface area contributed by atoms with E-state index in [0.717, 1.165) is 19.5 Å². The minimum absolute atomic E-state index is 0.383. The molecule has 0 unspecified atom stereocenters. The van der Waals surface area contributed by atoms with Crippen LogP contribution in [0.4, 0.5) is 5.95 Å². The highest BCUT2D eigenvalue weighted by Crippen LogP contribution is 2.19. The van der Waals surface area contributed by atoms with Crippen molar-refractivity contribution < 1.29 is 4.74 Å². The van der Waals surface area contributed by atoms with Crippen molar-refractivity contribution in [2.45, 2.75) is 12.5 Å². The molecule has 1 aliphatic heterocycles. The standard InChI is InChI=1S/C12H16N6O/c1-18-8-10(7-15-18)19-11-3-5-14-12(17-11)16-9-2-4-13-6-9/h3,5,7-9,13H,2,4,6H2,1H3,(H,14,16,17)/t9-/m1/s1. The van der Waals surface area contributed by atoms with Crippen LogP contribution in [0.2, 0.25) is 0 Å². The van der Waals surface area contributed by atoms with Gasteiger partial charge in [0, 0.05) is 31.9 Å². The SMILES string of the molecule is Cn1cc(Oc2ccnc(N[C@@H]3CCNC3)n2)cn1. The van der Waals surface area contributed by atoms with Crippen LogP contribution in [0.3, 0.4) is 0 Å². The summed E-state index contributed by atoms with van der Waals surface area (Å²) < 4.78 is 7.29. The quantitative estimate of drug-likeness (QED) is 0.846. The molecule has 0 spiro atoms. The van der Waals surface area contributed by atoms with Crippen molar-refractivity contribution in [2.24, 2.45) is 7.05 Å². The van der Waals surface area contributed by atoms with Gasteiger partial charge in [-0.25, -0.2) is 4.98 Å². The van der Waals surface area contributed by atoms with Gasteiger partial charge in [0.15, 0.2) is 5.75 Å². The van der Waals surface area contributed by atoms with Crippen molar-refractivity contribution >= 4 is 5.95 Å². The summed E-state index contributed by atoms with van der Waals surface area (Å²) in [5, 5.41) is 10.6. The Morgan fingerprint density at radius 2 is 2.47 bits per heavy atom. The maximum absolute atomic E-state index is 5.61. The van der Waals surface area contributed by atoms with E-state index < -0.39 is 0 Å². The molecule has 0 bridgehead atoms. The van der Waals surface area contributed by atoms with Gasteiger partial charge in [-0.1, -0.05) is 0 Å². The minimum Gasteiger partial charge on any atom is -0.436 e. The van der Waals surface area contributed by atoms with Crippen LogP contribution in [0.1, 0.15) is 6.42 Å². The van der Waals surface area contributed by atoms with Crippen molar-refractivity contribution in [3.05, 3.63) is 24.7 Å². The molecule has 0 amide bonds. The minimum atomic E-state index is 0.383. The Bertz CT molecular complexity index is 549. The molecule has 19 heavy (non-hydrogen) atoms. The van der Waals surface area contributed by atoms with Crippen LogP contribution >= 0.6 is 0 Å². The molecule has 2 aromatic rings. The first-order valence-corrected chi connectivity index (χ1v) is 6.26. The largest absolute Gasteiger partial charge is 0.436 e. The third-order valence-electron chi connectivity index (χ3n) is 2.93. The van der Waals surface area contributed by atoms with E-state index in [4.69, 9.17) is 4.74 Å². The first kappa shape index (κ1) is 11.9. The highest BCUT2D eigenvalue weighted by molar-refractivity contribution is 5.31. The molecule has 7 nitrogen and oxygen atoms in total. The van der Waals surface area contributed by atoms with E-state index >= 15 is 0 Å². The molecule has 7 heteroatoms. The average molecular weight is 260 g/mol. The summed E-state index contributed by atoms with van der Waals surface area (Å²) in [6.07, 6.45) is 6.20. The molecule has 3 heterocycles. The summed E-state index contributed by atoms with van der Waals surface area (Å²) in [6.45, 7) is 1.97. The smallest absolute Gasteiger partial charge is 0.226 e. The van der Waals surface area contributed by atoms with Crippen LogP contribution in [0, 0.1) is 0 Å². The fourth-order valence-electron chi connectivity index (χ4n) is 2.00. The zero-order chi connectivity index (χ0) is 13.1. The van der Waals surface area contributed by atoms with E-state index in [1.807, 2.05) is 7.05 Å². The van der Waals surface area contributed by atoms with Crippen molar-refractivity contribution in [3.8, 4) is 11.6 Å². The van der Waals surface area contributed by atoms with Crippen molar-refractivity contribution in [2.75, 3.05) is 18.4 Å². The number of rotatable bonds is 4. The summed E-state index contributed by atoms with van der Waals surface area (Å²) in [4.78, 5) is 8.53. The molecule has 1 fully saturated rings. The molecule has 3 rings (SSSR count). The van der Waals surface area contributed by atoms with E-state index in [9.17, 15) is 0 Å². The average Bonchev–Trinajstić information content (AvgIpc) is 3.02. The number of hydrogen-bond acceptors (Lipinski definition) is 6. The zero-order valence-electron chi connectivity index (χ0n) is 10.7. The monoisotopic (exact) mass is 260 g/mol. The highest BCUT2D eigenvalue weighted by atomic mass is 16.5. The second-order valence-electron chi connectivity index (χ2n) is 4.50. The summed E-state index contributed by atoms with van der Waals surface area (Å²) in [5.41, 5.74) is 0. The van der Waals surface area contributed by atoms with Gasteiger partial charge in [-0.2, -0.15) is 10.1 Å². The summed E-state index contributed by atoms with van der Waals surface area (Å²) in [5.74, 6) is 1.77. The topological polar surface area (TPSA) is 76.9 Å². The van der Waals surface area contributed by atoms with Gasteiger partial charge in [0.2, 0.25) is 11.8 Å². The summed E-state index contributed by atoms with van der Waals surface area (Å²) in [6, 6.07) is 2.11. The fraction of sp³-hybridized carbons (Fsp3) is 0.417. The Balaban J connectivity index is 1.68. The lowest BCUT2D eigenvalue weighted by atomic mass is 10.3. The number of aryl methyl sites for hydroxylation is 1. The Morgan fingerprint density at radius 1 is 1.53 bits per heavy atom. The highest BCUT2D eigenvalue weighted by Gasteiger charge is 2.15. The molecule has 100 valence electrons. The number of aromatic nitrogens is 4. The van der Waals surface area contributed by atoms with Gasteiger partial charge in [-0.3, -0.25) is 4.68 Å². The second-order valence-corrected chi connectivity index (χ2v) is 4.50. The first-order chi connectivity index (χ1) is 9.29. The van der Waals surface area contributed by atoms with E-state index in [0.29, 0.717) is 23.6 Å². The van der Waals surface area contributed by atoms with Crippen LogP contribution in [-0.2, 0) is 7.05 Å². The van der Waals surface area contributed by atoms with Crippen molar-refractivity contribution in [3.63, 3.8) is 0 Å². The number of ether oxygens (including phenoxy) is 1. The predicted octanol–water partition coefficient (Wildman–Crippen LogP) is 0.776. The van der Waals surface area contributed by atoms with Crippen molar-refractivity contribution in [1.29, 1.82) is 0 Å². The molecule has 0 saturated carbocycles. The Morgan fingerprint density at radius 3 is 3.21 bits per heavy atom. The van der Waals surface area contributed by atoms with E-state index in [1.165, 1.54) is 0 Å². The lowest BCUT2D eigenvalue weighted by Crippen LogP contribution is -2.23. The van der Waals surface area contributed by atoms with Crippen LogP contribution in [0.5, 0.6) is 11.6 Å². The first-order valence-electron chi connectivity index (χ1n) is 6.26. The van der Waals surface area contributed by atoms with Gasteiger partial charge < -0.3 is 15.4 Å². The third-order valence-corrected chi connectivity index (χ3v) is 2.93. The van der Waals surface area contributed by atoms with Gasteiger partial charge in [-0.05, 0) is 13.0 Å². The lowest BCUT2D eigenvalue weighted by Gasteiger charge is -2.11. The van der Waals surface area contributed by atoms with Crippen molar-refractivity contribution in [1.82, 2.24) is 25.1 Å². The van der Waals surface area contributed by atoms with Crippen LogP contribution in [-0.4, -0.2) is 38.9 Å². The van der Waals surface area contributed by atoms with E-state index in [2.05, 4.69) is 25.7 Å². The number of nitrogens with zero attached hydrogens (tertiary/aromatic N) is 4. The zero-order valence-corrected chi connectivity index (χ0v) is 10.7. The van der Waals surface area contributed by atoms with Gasteiger partial charge in [0.05, 0.1) is 12.4 Å². The fourth-order valence-corrected chi connectivity index (χ4v) is 2.00. The predicted molar refractivity (Wildman–Crippen MR) is 70.2 cm³/mol.